The summed E-state index contributed by atoms with van der Waals surface area (Å²) in [5.41, 5.74) is 1.15. The number of hydrogen-bond donors (Lipinski definition) is 0. The minimum absolute atomic E-state index is 0.176. The first kappa shape index (κ1) is 16.1. The van der Waals surface area contributed by atoms with Crippen molar-refractivity contribution in [1.29, 1.82) is 0 Å². The average molecular weight is 414 g/mol. The molecule has 0 unspecified atom stereocenters. The Balaban J connectivity index is 1.68. The van der Waals surface area contributed by atoms with Gasteiger partial charge in [-0.2, -0.15) is 0 Å². The molecule has 111 valence electrons. The summed E-state index contributed by atoms with van der Waals surface area (Å²) in [6, 6.07) is 13.7. The molecule has 1 aromatic carbocycles. The molecule has 1 aliphatic rings. The molecule has 22 heavy (non-hydrogen) atoms. The molecule has 1 saturated heterocycles. The van der Waals surface area contributed by atoms with Crippen LogP contribution in [-0.2, 0) is 19.9 Å². The molecule has 1 fully saturated rings. The number of pyridine rings is 1. The van der Waals surface area contributed by atoms with Gasteiger partial charge in [-0.25, -0.2) is 0 Å². The molecule has 0 radical (unpaired) electrons. The summed E-state index contributed by atoms with van der Waals surface area (Å²) in [6.07, 6.45) is 4.72. The topological polar surface area (TPSA) is 31.4 Å². The third-order valence-corrected chi connectivity index (χ3v) is 11.0. The molecule has 5 heteroatoms. The van der Waals surface area contributed by atoms with Crippen LogP contribution in [0.25, 0.3) is 0 Å². The van der Waals surface area contributed by atoms with E-state index in [0.717, 1.165) is 22.2 Å². The van der Waals surface area contributed by atoms with E-state index in [4.69, 9.17) is 9.47 Å². The standard InChI is InChI=1S/C17H18NO2.BrH.Zn/c1-13-6-5-9-16(19-13)14-10-11-17(18-12-14)20-15-7-3-2-4-8-15;;/h2-5,7-8,10-13,16H,6,9H2,1H3;1H;/q;;+2/p-1/t13-,16-;;/m1../s1. The number of rotatable bonds is 4. The first-order valence-electron chi connectivity index (χ1n) is 7.65. The van der Waals surface area contributed by atoms with Gasteiger partial charge in [0.15, 0.2) is 0 Å². The first-order valence-corrected chi connectivity index (χ1v) is 16.3. The average Bonchev–Trinajstić information content (AvgIpc) is 2.56. The van der Waals surface area contributed by atoms with E-state index >= 15 is 0 Å². The van der Waals surface area contributed by atoms with E-state index in [1.54, 1.807) is 0 Å². The van der Waals surface area contributed by atoms with E-state index in [1.165, 1.54) is 6.42 Å². The number of para-hydroxylation sites is 1. The Morgan fingerprint density at radius 1 is 1.18 bits per heavy atom. The molecule has 0 spiro atoms. The Morgan fingerprint density at radius 2 is 2.00 bits per heavy atom. The van der Waals surface area contributed by atoms with Crippen molar-refractivity contribution in [3.05, 3.63) is 54.2 Å². The summed E-state index contributed by atoms with van der Waals surface area (Å²) in [4.78, 5) is 4.43. The van der Waals surface area contributed by atoms with E-state index in [-0.39, 0.29) is 6.10 Å². The van der Waals surface area contributed by atoms with Crippen molar-refractivity contribution in [3.8, 4) is 11.6 Å². The number of halogens is 1. The van der Waals surface area contributed by atoms with E-state index < -0.39 is 15.2 Å². The van der Waals surface area contributed by atoms with Crippen LogP contribution in [0.15, 0.2) is 48.7 Å². The maximum atomic E-state index is 6.09. The second-order valence-electron chi connectivity index (χ2n) is 5.77. The fourth-order valence-electron chi connectivity index (χ4n) is 2.85. The summed E-state index contributed by atoms with van der Waals surface area (Å²) in [5.74, 6) is 1.42. The van der Waals surface area contributed by atoms with Crippen LogP contribution in [0, 0.1) is 0 Å². The molecule has 0 bridgehead atoms. The van der Waals surface area contributed by atoms with Gasteiger partial charge in [0.25, 0.3) is 0 Å². The number of aromatic nitrogens is 1. The van der Waals surface area contributed by atoms with Gasteiger partial charge in [0, 0.05) is 0 Å². The quantitative estimate of drug-likeness (QED) is 0.638. The number of benzene rings is 1. The zero-order chi connectivity index (χ0) is 15.4. The second-order valence-corrected chi connectivity index (χ2v) is 12.2. The molecule has 3 nitrogen and oxygen atoms in total. The molecule has 0 saturated carbocycles. The maximum absolute atomic E-state index is 6.09. The van der Waals surface area contributed by atoms with Crippen LogP contribution < -0.4 is 4.74 Å². The number of ether oxygens (including phenoxy) is 2. The van der Waals surface area contributed by atoms with Gasteiger partial charge in [-0.05, 0) is 0 Å². The van der Waals surface area contributed by atoms with Crippen molar-refractivity contribution in [1.82, 2.24) is 4.98 Å². The Hall–Kier alpha value is -0.767. The summed E-state index contributed by atoms with van der Waals surface area (Å²) >= 11 is 3.21. The summed E-state index contributed by atoms with van der Waals surface area (Å²) in [6.45, 7) is 2.17. The zero-order valence-electron chi connectivity index (χ0n) is 12.6. The van der Waals surface area contributed by atoms with E-state index in [1.807, 2.05) is 42.6 Å². The van der Waals surface area contributed by atoms with E-state index in [9.17, 15) is 0 Å². The fraction of sp³-hybridized carbons (Fsp3) is 0.353. The Bertz CT molecular complexity index is 593. The summed E-state index contributed by atoms with van der Waals surface area (Å²) < 4.78 is 12.7. The second kappa shape index (κ2) is 7.67. The van der Waals surface area contributed by atoms with Gasteiger partial charge < -0.3 is 0 Å². The normalized spacial score (nSPS) is 24.5. The molecule has 0 amide bonds. The van der Waals surface area contributed by atoms with Crippen molar-refractivity contribution in [3.63, 3.8) is 0 Å². The molecule has 3 rings (SSSR count). The van der Waals surface area contributed by atoms with Crippen LogP contribution in [0.3, 0.4) is 0 Å². The van der Waals surface area contributed by atoms with Crippen molar-refractivity contribution < 1.29 is 24.6 Å². The van der Waals surface area contributed by atoms with Gasteiger partial charge in [-0.15, -0.1) is 0 Å². The molecular formula is C17H18BrNO2Zn+. The van der Waals surface area contributed by atoms with Gasteiger partial charge in [-0.1, -0.05) is 0 Å². The van der Waals surface area contributed by atoms with Gasteiger partial charge in [0.1, 0.15) is 0 Å². The molecule has 0 aliphatic carbocycles. The minimum atomic E-state index is -0.576. The van der Waals surface area contributed by atoms with Crippen LogP contribution in [0.2, 0.25) is 4.51 Å². The third kappa shape index (κ3) is 4.15. The summed E-state index contributed by atoms with van der Waals surface area (Å²) in [7, 11) is 0. The monoisotopic (exact) mass is 411 g/mol. The molecule has 1 aromatic heterocycles. The van der Waals surface area contributed by atoms with Crippen LogP contribution >= 0.6 is 13.6 Å². The Morgan fingerprint density at radius 3 is 2.68 bits per heavy atom. The van der Waals surface area contributed by atoms with E-state index in [2.05, 4.69) is 31.6 Å². The molecule has 1 aliphatic heterocycles. The fourth-order valence-corrected chi connectivity index (χ4v) is 7.75. The van der Waals surface area contributed by atoms with Crippen molar-refractivity contribution in [2.45, 2.75) is 36.5 Å². The van der Waals surface area contributed by atoms with Crippen molar-refractivity contribution in [2.75, 3.05) is 0 Å². The van der Waals surface area contributed by atoms with Crippen LogP contribution in [-0.4, -0.2) is 11.1 Å². The van der Waals surface area contributed by atoms with Crippen LogP contribution in [0.5, 0.6) is 11.6 Å². The zero-order valence-corrected chi connectivity index (χ0v) is 17.2. The van der Waals surface area contributed by atoms with Crippen LogP contribution in [0.1, 0.15) is 31.4 Å². The van der Waals surface area contributed by atoms with Gasteiger partial charge in [0.2, 0.25) is 0 Å². The van der Waals surface area contributed by atoms with Crippen molar-refractivity contribution >= 4 is 13.6 Å². The number of hydrogen-bond acceptors (Lipinski definition) is 3. The van der Waals surface area contributed by atoms with Gasteiger partial charge >= 0.3 is 146 Å². The summed E-state index contributed by atoms with van der Waals surface area (Å²) in [5, 5.41) is 0. The molecule has 3 atom stereocenters. The Labute approximate surface area is 145 Å². The van der Waals surface area contributed by atoms with Gasteiger partial charge in [-0.3, -0.25) is 0 Å². The van der Waals surface area contributed by atoms with Crippen molar-refractivity contribution in [2.24, 2.45) is 0 Å². The predicted octanol–water partition coefficient (Wildman–Crippen LogP) is 5.29. The first-order chi connectivity index (χ1) is 10.7. The molecular weight excluding hydrogens is 395 g/mol. The molecule has 2 heterocycles. The predicted molar refractivity (Wildman–Crippen MR) is 86.0 cm³/mol. The SMILES string of the molecule is C[C@@H]1C[C@H]([Zn+][Br])C[C@H](c2ccc(Oc3ccccc3)nc2)O1. The molecule has 0 N–H and O–H groups in total. The van der Waals surface area contributed by atoms with Gasteiger partial charge in [0.05, 0.1) is 0 Å². The number of nitrogens with zero attached hydrogens (tertiary/aromatic N) is 1. The van der Waals surface area contributed by atoms with E-state index in [0.29, 0.717) is 12.0 Å². The molecule has 2 aromatic rings. The third-order valence-electron chi connectivity index (χ3n) is 3.92. The Kier molecular flexibility index (Phi) is 5.62. The van der Waals surface area contributed by atoms with Crippen LogP contribution in [0.4, 0.5) is 0 Å².